The Hall–Kier alpha value is -2.41. The Bertz CT molecular complexity index is 691. The molecule has 2 atom stereocenters. The lowest BCUT2D eigenvalue weighted by molar-refractivity contribution is 0.169. The SMILES string of the molecule is CN1C2CCC1CC(Nc1cc(Nc3cnccn3)ncc1N)C2. The van der Waals surface area contributed by atoms with Crippen molar-refractivity contribution >= 4 is 23.0 Å². The van der Waals surface area contributed by atoms with E-state index in [-0.39, 0.29) is 0 Å². The predicted octanol–water partition coefficient (Wildman–Crippen LogP) is 2.23. The van der Waals surface area contributed by atoms with E-state index in [1.54, 1.807) is 24.8 Å². The van der Waals surface area contributed by atoms with Gasteiger partial charge in [0.2, 0.25) is 0 Å². The summed E-state index contributed by atoms with van der Waals surface area (Å²) in [6.45, 7) is 0. The molecule has 0 saturated carbocycles. The molecule has 2 aliphatic rings. The van der Waals surface area contributed by atoms with Crippen LogP contribution < -0.4 is 16.4 Å². The lowest BCUT2D eigenvalue weighted by Crippen LogP contribution is -2.44. The molecule has 2 aliphatic heterocycles. The van der Waals surface area contributed by atoms with Crippen LogP contribution in [0.5, 0.6) is 0 Å². The number of nitrogen functional groups attached to an aromatic ring is 1. The minimum absolute atomic E-state index is 0.466. The summed E-state index contributed by atoms with van der Waals surface area (Å²) in [5, 5.41) is 6.79. The Morgan fingerprint density at radius 2 is 1.88 bits per heavy atom. The first kappa shape index (κ1) is 15.1. The molecule has 4 N–H and O–H groups in total. The Morgan fingerprint density at radius 3 is 2.58 bits per heavy atom. The molecule has 2 unspecified atom stereocenters. The number of piperidine rings is 1. The van der Waals surface area contributed by atoms with Gasteiger partial charge in [-0.25, -0.2) is 9.97 Å². The van der Waals surface area contributed by atoms with Gasteiger partial charge in [0.25, 0.3) is 0 Å². The normalized spacial score (nSPS) is 26.3. The monoisotopic (exact) mass is 325 g/mol. The summed E-state index contributed by atoms with van der Waals surface area (Å²) in [4.78, 5) is 15.1. The third-order valence-electron chi connectivity index (χ3n) is 5.21. The molecular weight excluding hydrogens is 302 g/mol. The fraction of sp³-hybridized carbons (Fsp3) is 0.471. The first-order valence-corrected chi connectivity index (χ1v) is 8.46. The van der Waals surface area contributed by atoms with Gasteiger partial charge in [-0.05, 0) is 32.7 Å². The van der Waals surface area contributed by atoms with E-state index >= 15 is 0 Å². The predicted molar refractivity (Wildman–Crippen MR) is 95.2 cm³/mol. The van der Waals surface area contributed by atoms with E-state index in [4.69, 9.17) is 5.73 Å². The van der Waals surface area contributed by atoms with Crippen LogP contribution in [0.1, 0.15) is 25.7 Å². The average molecular weight is 325 g/mol. The van der Waals surface area contributed by atoms with Crippen LogP contribution in [0.25, 0.3) is 0 Å². The third-order valence-corrected chi connectivity index (χ3v) is 5.21. The van der Waals surface area contributed by atoms with Crippen molar-refractivity contribution < 1.29 is 0 Å². The summed E-state index contributed by atoms with van der Waals surface area (Å²) < 4.78 is 0. The highest BCUT2D eigenvalue weighted by Crippen LogP contribution is 2.36. The number of fused-ring (bicyclic) bond motifs is 2. The van der Waals surface area contributed by atoms with Crippen LogP contribution in [0.2, 0.25) is 0 Å². The van der Waals surface area contributed by atoms with Crippen LogP contribution in [-0.4, -0.2) is 45.0 Å². The quantitative estimate of drug-likeness (QED) is 0.794. The minimum atomic E-state index is 0.466. The maximum Gasteiger partial charge on any atom is 0.150 e. The van der Waals surface area contributed by atoms with Gasteiger partial charge < -0.3 is 21.3 Å². The van der Waals surface area contributed by atoms with E-state index in [9.17, 15) is 0 Å². The number of pyridine rings is 1. The number of nitrogens with one attached hydrogen (secondary N) is 2. The number of rotatable bonds is 4. The van der Waals surface area contributed by atoms with E-state index < -0.39 is 0 Å². The van der Waals surface area contributed by atoms with Gasteiger partial charge >= 0.3 is 0 Å². The van der Waals surface area contributed by atoms with Crippen molar-refractivity contribution in [1.82, 2.24) is 19.9 Å². The molecule has 7 heteroatoms. The Balaban J connectivity index is 1.48. The summed E-state index contributed by atoms with van der Waals surface area (Å²) in [5.74, 6) is 1.38. The van der Waals surface area contributed by atoms with Gasteiger partial charge in [-0.15, -0.1) is 0 Å². The second-order valence-electron chi connectivity index (χ2n) is 6.74. The Labute approximate surface area is 141 Å². The van der Waals surface area contributed by atoms with Gasteiger partial charge in [0.05, 0.1) is 23.8 Å². The van der Waals surface area contributed by atoms with Gasteiger partial charge in [0.15, 0.2) is 0 Å². The number of nitrogens with two attached hydrogens (primary N) is 1. The maximum absolute atomic E-state index is 6.12. The minimum Gasteiger partial charge on any atom is -0.396 e. The highest BCUT2D eigenvalue weighted by Gasteiger charge is 2.38. The fourth-order valence-electron chi connectivity index (χ4n) is 3.90. The third kappa shape index (κ3) is 2.99. The fourth-order valence-corrected chi connectivity index (χ4v) is 3.90. The zero-order valence-electron chi connectivity index (χ0n) is 13.8. The molecule has 0 aromatic carbocycles. The van der Waals surface area contributed by atoms with E-state index in [0.29, 0.717) is 35.4 Å². The molecule has 2 fully saturated rings. The van der Waals surface area contributed by atoms with Crippen molar-refractivity contribution in [3.8, 4) is 0 Å². The smallest absolute Gasteiger partial charge is 0.150 e. The van der Waals surface area contributed by atoms with Crippen LogP contribution in [0.3, 0.4) is 0 Å². The zero-order valence-corrected chi connectivity index (χ0v) is 13.8. The van der Waals surface area contributed by atoms with Crippen LogP contribution in [-0.2, 0) is 0 Å². The van der Waals surface area contributed by atoms with Crippen LogP contribution >= 0.6 is 0 Å². The second kappa shape index (κ2) is 6.24. The molecule has 0 aliphatic carbocycles. The Morgan fingerprint density at radius 1 is 1.08 bits per heavy atom. The molecule has 2 aromatic heterocycles. The van der Waals surface area contributed by atoms with Gasteiger partial charge in [0, 0.05) is 36.6 Å². The molecular formula is C17H23N7. The molecule has 24 heavy (non-hydrogen) atoms. The number of anilines is 4. The van der Waals surface area contributed by atoms with Crippen molar-refractivity contribution in [2.24, 2.45) is 0 Å². The lowest BCUT2D eigenvalue weighted by atomic mass is 9.97. The molecule has 2 bridgehead atoms. The van der Waals surface area contributed by atoms with Gasteiger partial charge in [-0.3, -0.25) is 4.98 Å². The highest BCUT2D eigenvalue weighted by atomic mass is 15.2. The summed E-state index contributed by atoms with van der Waals surface area (Å²) in [5.41, 5.74) is 7.73. The van der Waals surface area contributed by atoms with Gasteiger partial charge in [-0.2, -0.15) is 0 Å². The number of nitrogens with zero attached hydrogens (tertiary/aromatic N) is 4. The number of aromatic nitrogens is 3. The summed E-state index contributed by atoms with van der Waals surface area (Å²) in [6, 6.07) is 3.81. The van der Waals surface area contributed by atoms with Crippen molar-refractivity contribution in [2.75, 3.05) is 23.4 Å². The molecule has 2 saturated heterocycles. The van der Waals surface area contributed by atoms with Crippen molar-refractivity contribution in [3.63, 3.8) is 0 Å². The summed E-state index contributed by atoms with van der Waals surface area (Å²) >= 11 is 0. The molecule has 126 valence electrons. The maximum atomic E-state index is 6.12. The van der Waals surface area contributed by atoms with Crippen LogP contribution in [0, 0.1) is 0 Å². The molecule has 4 heterocycles. The first-order chi connectivity index (χ1) is 11.7. The van der Waals surface area contributed by atoms with Gasteiger partial charge in [-0.1, -0.05) is 0 Å². The van der Waals surface area contributed by atoms with Gasteiger partial charge in [0.1, 0.15) is 11.6 Å². The van der Waals surface area contributed by atoms with E-state index in [0.717, 1.165) is 5.69 Å². The van der Waals surface area contributed by atoms with Crippen molar-refractivity contribution in [1.29, 1.82) is 0 Å². The number of hydrogen-bond donors (Lipinski definition) is 3. The lowest BCUT2D eigenvalue weighted by Gasteiger charge is -2.37. The second-order valence-corrected chi connectivity index (χ2v) is 6.74. The highest BCUT2D eigenvalue weighted by molar-refractivity contribution is 5.70. The van der Waals surface area contributed by atoms with E-state index in [1.165, 1.54) is 25.7 Å². The van der Waals surface area contributed by atoms with E-state index in [2.05, 4.69) is 37.5 Å². The summed E-state index contributed by atoms with van der Waals surface area (Å²) in [6.07, 6.45) is 11.6. The van der Waals surface area contributed by atoms with Crippen molar-refractivity contribution in [2.45, 2.75) is 43.8 Å². The van der Waals surface area contributed by atoms with Crippen LogP contribution in [0.15, 0.2) is 30.9 Å². The largest absolute Gasteiger partial charge is 0.396 e. The topological polar surface area (TPSA) is 92.0 Å². The van der Waals surface area contributed by atoms with Crippen LogP contribution in [0.4, 0.5) is 23.0 Å². The first-order valence-electron chi connectivity index (χ1n) is 8.46. The number of hydrogen-bond acceptors (Lipinski definition) is 7. The molecule has 2 aromatic rings. The molecule has 4 rings (SSSR count). The average Bonchev–Trinajstić information content (AvgIpc) is 2.81. The molecule has 0 amide bonds. The summed E-state index contributed by atoms with van der Waals surface area (Å²) in [7, 11) is 2.25. The van der Waals surface area contributed by atoms with Crippen molar-refractivity contribution in [3.05, 3.63) is 30.9 Å². The Kier molecular flexibility index (Phi) is 3.93. The molecule has 0 radical (unpaired) electrons. The molecule has 0 spiro atoms. The zero-order chi connectivity index (χ0) is 16.5. The standard InChI is InChI=1S/C17H23N7/c1-24-12-2-3-13(24)7-11(6-12)22-15-8-16(21-9-14(15)18)23-17-10-19-4-5-20-17/h4-5,8-13H,2-3,6-7,18H2,1H3,(H2,20,21,22,23). The molecule has 7 nitrogen and oxygen atoms in total. The van der Waals surface area contributed by atoms with E-state index in [1.807, 2.05) is 6.07 Å².